The molecule has 5 heteroatoms. The second-order valence-corrected chi connectivity index (χ2v) is 4.68. The number of hydrogen-bond donors (Lipinski definition) is 2. The first-order valence-electron chi connectivity index (χ1n) is 5.59. The first-order valence-corrected chi connectivity index (χ1v) is 5.59. The Bertz CT molecular complexity index is 422. The Morgan fingerprint density at radius 1 is 1.50 bits per heavy atom. The standard InChI is InChI=1S/C11H18N4O/c1-6(2)8-5-9(16)13-10-7(3)14-15(4)11(10)12-8/h6,8,12H,5H2,1-4H3,(H,13,16). The van der Waals surface area contributed by atoms with Crippen molar-refractivity contribution in [1.29, 1.82) is 0 Å². The zero-order chi connectivity index (χ0) is 11.9. The molecule has 1 aromatic rings. The van der Waals surface area contributed by atoms with Crippen LogP contribution in [0.1, 0.15) is 26.0 Å². The molecule has 1 amide bonds. The summed E-state index contributed by atoms with van der Waals surface area (Å²) in [7, 11) is 1.88. The van der Waals surface area contributed by atoms with Gasteiger partial charge in [-0.05, 0) is 12.8 Å². The Kier molecular flexibility index (Phi) is 2.61. The molecule has 1 aliphatic heterocycles. The molecule has 0 radical (unpaired) electrons. The van der Waals surface area contributed by atoms with Crippen LogP contribution < -0.4 is 10.6 Å². The summed E-state index contributed by atoms with van der Waals surface area (Å²) in [5.74, 6) is 1.37. The Hall–Kier alpha value is -1.52. The molecule has 0 bridgehead atoms. The van der Waals surface area contributed by atoms with Crippen LogP contribution >= 0.6 is 0 Å². The van der Waals surface area contributed by atoms with Gasteiger partial charge < -0.3 is 10.6 Å². The fraction of sp³-hybridized carbons (Fsp3) is 0.636. The maximum absolute atomic E-state index is 11.7. The van der Waals surface area contributed by atoms with Crippen LogP contribution in [0.5, 0.6) is 0 Å². The van der Waals surface area contributed by atoms with Gasteiger partial charge in [0.2, 0.25) is 5.91 Å². The molecule has 2 rings (SSSR count). The van der Waals surface area contributed by atoms with Crippen molar-refractivity contribution in [3.63, 3.8) is 0 Å². The van der Waals surface area contributed by atoms with Gasteiger partial charge in [0, 0.05) is 19.5 Å². The molecule has 0 aliphatic carbocycles. The van der Waals surface area contributed by atoms with E-state index < -0.39 is 0 Å². The van der Waals surface area contributed by atoms with Gasteiger partial charge in [-0.15, -0.1) is 0 Å². The number of anilines is 2. The lowest BCUT2D eigenvalue weighted by Gasteiger charge is -2.20. The minimum Gasteiger partial charge on any atom is -0.365 e. The van der Waals surface area contributed by atoms with Crippen molar-refractivity contribution in [2.24, 2.45) is 13.0 Å². The molecule has 0 saturated carbocycles. The molecule has 2 heterocycles. The van der Waals surface area contributed by atoms with Gasteiger partial charge in [0.15, 0.2) is 0 Å². The van der Waals surface area contributed by atoms with E-state index in [2.05, 4.69) is 29.6 Å². The van der Waals surface area contributed by atoms with Gasteiger partial charge in [0.05, 0.1) is 5.69 Å². The summed E-state index contributed by atoms with van der Waals surface area (Å²) < 4.78 is 1.78. The van der Waals surface area contributed by atoms with Crippen LogP contribution in [-0.2, 0) is 11.8 Å². The van der Waals surface area contributed by atoms with E-state index >= 15 is 0 Å². The van der Waals surface area contributed by atoms with Gasteiger partial charge in [0.25, 0.3) is 0 Å². The highest BCUT2D eigenvalue weighted by molar-refractivity contribution is 5.96. The van der Waals surface area contributed by atoms with Crippen molar-refractivity contribution in [2.45, 2.75) is 33.2 Å². The zero-order valence-corrected chi connectivity index (χ0v) is 10.2. The normalized spacial score (nSPS) is 20.1. The average molecular weight is 222 g/mol. The van der Waals surface area contributed by atoms with E-state index in [0.717, 1.165) is 17.2 Å². The topological polar surface area (TPSA) is 59.0 Å². The predicted molar refractivity (Wildman–Crippen MR) is 63.4 cm³/mol. The molecule has 1 unspecified atom stereocenters. The van der Waals surface area contributed by atoms with Gasteiger partial charge in [-0.3, -0.25) is 9.48 Å². The largest absolute Gasteiger partial charge is 0.365 e. The molecule has 1 atom stereocenters. The van der Waals surface area contributed by atoms with Gasteiger partial charge in [-0.2, -0.15) is 5.10 Å². The monoisotopic (exact) mass is 222 g/mol. The number of aromatic nitrogens is 2. The number of nitrogens with zero attached hydrogens (tertiary/aromatic N) is 2. The van der Waals surface area contributed by atoms with E-state index in [1.165, 1.54) is 0 Å². The molecule has 16 heavy (non-hydrogen) atoms. The molecule has 2 N–H and O–H groups in total. The van der Waals surface area contributed by atoms with E-state index in [9.17, 15) is 4.79 Å². The van der Waals surface area contributed by atoms with Crippen LogP contribution in [0, 0.1) is 12.8 Å². The molecular formula is C11H18N4O. The molecule has 1 aromatic heterocycles. The third-order valence-corrected chi connectivity index (χ3v) is 3.02. The summed E-state index contributed by atoms with van der Waals surface area (Å²) in [6.45, 7) is 6.12. The third-order valence-electron chi connectivity index (χ3n) is 3.02. The highest BCUT2D eigenvalue weighted by Crippen LogP contribution is 2.30. The highest BCUT2D eigenvalue weighted by Gasteiger charge is 2.26. The van der Waals surface area contributed by atoms with Crippen LogP contribution in [0.4, 0.5) is 11.5 Å². The van der Waals surface area contributed by atoms with Crippen molar-refractivity contribution >= 4 is 17.4 Å². The van der Waals surface area contributed by atoms with Gasteiger partial charge in [-0.25, -0.2) is 0 Å². The number of nitrogens with one attached hydrogen (secondary N) is 2. The fourth-order valence-corrected chi connectivity index (χ4v) is 1.99. The zero-order valence-electron chi connectivity index (χ0n) is 10.2. The van der Waals surface area contributed by atoms with Crippen molar-refractivity contribution in [3.8, 4) is 0 Å². The Labute approximate surface area is 95.2 Å². The Morgan fingerprint density at radius 2 is 2.19 bits per heavy atom. The van der Waals surface area contributed by atoms with Crippen LogP contribution in [0.2, 0.25) is 0 Å². The number of hydrogen-bond acceptors (Lipinski definition) is 3. The van der Waals surface area contributed by atoms with Gasteiger partial charge in [-0.1, -0.05) is 13.8 Å². The Balaban J connectivity index is 2.41. The second-order valence-electron chi connectivity index (χ2n) is 4.68. The highest BCUT2D eigenvalue weighted by atomic mass is 16.1. The van der Waals surface area contributed by atoms with E-state index in [4.69, 9.17) is 0 Å². The third kappa shape index (κ3) is 1.77. The van der Waals surface area contributed by atoms with E-state index in [1.54, 1.807) is 4.68 Å². The van der Waals surface area contributed by atoms with Crippen molar-refractivity contribution < 1.29 is 4.79 Å². The fourth-order valence-electron chi connectivity index (χ4n) is 1.99. The lowest BCUT2D eigenvalue weighted by atomic mass is 10.0. The Morgan fingerprint density at radius 3 is 2.81 bits per heavy atom. The van der Waals surface area contributed by atoms with Crippen LogP contribution in [0.3, 0.4) is 0 Å². The molecular weight excluding hydrogens is 204 g/mol. The SMILES string of the molecule is Cc1nn(C)c2c1NC(=O)CC(C(C)C)N2. The summed E-state index contributed by atoms with van der Waals surface area (Å²) in [5, 5.41) is 10.6. The second kappa shape index (κ2) is 3.81. The minimum absolute atomic E-state index is 0.0565. The summed E-state index contributed by atoms with van der Waals surface area (Å²) in [6, 6.07) is 0.163. The summed E-state index contributed by atoms with van der Waals surface area (Å²) >= 11 is 0. The molecule has 0 fully saturated rings. The summed E-state index contributed by atoms with van der Waals surface area (Å²) in [6.07, 6.45) is 0.506. The molecule has 88 valence electrons. The molecule has 0 spiro atoms. The first-order chi connectivity index (χ1) is 7.49. The number of fused-ring (bicyclic) bond motifs is 1. The van der Waals surface area contributed by atoms with Crippen LogP contribution in [-0.4, -0.2) is 21.7 Å². The van der Waals surface area contributed by atoms with Crippen molar-refractivity contribution in [1.82, 2.24) is 9.78 Å². The number of rotatable bonds is 1. The lowest BCUT2D eigenvalue weighted by molar-refractivity contribution is -0.116. The number of carbonyl (C=O) groups is 1. The van der Waals surface area contributed by atoms with Crippen molar-refractivity contribution in [2.75, 3.05) is 10.6 Å². The molecule has 1 aliphatic rings. The lowest BCUT2D eigenvalue weighted by Crippen LogP contribution is -2.28. The summed E-state index contributed by atoms with van der Waals surface area (Å²) in [5.41, 5.74) is 1.67. The van der Waals surface area contributed by atoms with E-state index in [-0.39, 0.29) is 11.9 Å². The molecule has 0 saturated heterocycles. The summed E-state index contributed by atoms with van der Waals surface area (Å²) in [4.78, 5) is 11.7. The smallest absolute Gasteiger partial charge is 0.226 e. The van der Waals surface area contributed by atoms with E-state index in [1.807, 2.05) is 14.0 Å². The molecule has 0 aromatic carbocycles. The van der Waals surface area contributed by atoms with Crippen LogP contribution in [0.15, 0.2) is 0 Å². The predicted octanol–water partition coefficient (Wildman–Crippen LogP) is 1.51. The van der Waals surface area contributed by atoms with E-state index in [0.29, 0.717) is 12.3 Å². The van der Waals surface area contributed by atoms with Crippen molar-refractivity contribution in [3.05, 3.63) is 5.69 Å². The number of aryl methyl sites for hydroxylation is 2. The quantitative estimate of drug-likeness (QED) is 0.757. The molecule has 5 nitrogen and oxygen atoms in total. The van der Waals surface area contributed by atoms with Gasteiger partial charge >= 0.3 is 0 Å². The maximum atomic E-state index is 11.7. The number of carbonyl (C=O) groups excluding carboxylic acids is 1. The van der Waals surface area contributed by atoms with Gasteiger partial charge in [0.1, 0.15) is 11.5 Å². The number of amides is 1. The first kappa shape index (κ1) is 11.0. The maximum Gasteiger partial charge on any atom is 0.226 e. The average Bonchev–Trinajstić information content (AvgIpc) is 2.38. The minimum atomic E-state index is 0.0565. The van der Waals surface area contributed by atoms with Crippen LogP contribution in [0.25, 0.3) is 0 Å².